The molecule has 0 unspecified atom stereocenters. The summed E-state index contributed by atoms with van der Waals surface area (Å²) in [5.74, 6) is 0.882. The third-order valence-electron chi connectivity index (χ3n) is 3.35. The molecular formula is C18H21NO5S. The Morgan fingerprint density at radius 3 is 2.20 bits per heavy atom. The van der Waals surface area contributed by atoms with Crippen LogP contribution in [0.5, 0.6) is 11.5 Å². The monoisotopic (exact) mass is 363 g/mol. The summed E-state index contributed by atoms with van der Waals surface area (Å²) in [5, 5.41) is 0. The fourth-order valence-electron chi connectivity index (χ4n) is 1.95. The highest BCUT2D eigenvalue weighted by molar-refractivity contribution is 7.90. The molecule has 0 bridgehead atoms. The minimum Gasteiger partial charge on any atom is -0.494 e. The molecule has 7 heteroatoms. The number of sulfonamides is 1. The first-order valence-corrected chi connectivity index (χ1v) is 9.43. The maximum Gasteiger partial charge on any atom is 0.426 e. The van der Waals surface area contributed by atoms with E-state index in [0.29, 0.717) is 12.4 Å². The first-order valence-electron chi connectivity index (χ1n) is 7.95. The Hall–Kier alpha value is -2.54. The lowest BCUT2D eigenvalue weighted by atomic mass is 10.2. The topological polar surface area (TPSA) is 81.7 Å². The van der Waals surface area contributed by atoms with Gasteiger partial charge < -0.3 is 9.47 Å². The smallest absolute Gasteiger partial charge is 0.426 e. The van der Waals surface area contributed by atoms with Gasteiger partial charge in [-0.1, -0.05) is 31.0 Å². The second-order valence-electron chi connectivity index (χ2n) is 5.48. The van der Waals surface area contributed by atoms with E-state index in [9.17, 15) is 13.2 Å². The lowest BCUT2D eigenvalue weighted by Gasteiger charge is -2.09. The highest BCUT2D eigenvalue weighted by Crippen LogP contribution is 2.18. The van der Waals surface area contributed by atoms with E-state index in [2.05, 4.69) is 6.92 Å². The lowest BCUT2D eigenvalue weighted by Crippen LogP contribution is -2.33. The van der Waals surface area contributed by atoms with Gasteiger partial charge in [-0.15, -0.1) is 0 Å². The molecule has 0 atom stereocenters. The zero-order valence-corrected chi connectivity index (χ0v) is 15.0. The average Bonchev–Trinajstić information content (AvgIpc) is 2.56. The first kappa shape index (κ1) is 18.8. The maximum atomic E-state index is 12.1. The van der Waals surface area contributed by atoms with E-state index >= 15 is 0 Å². The molecular weight excluding hydrogens is 342 g/mol. The predicted molar refractivity (Wildman–Crippen MR) is 94.4 cm³/mol. The Labute approximate surface area is 147 Å². The first-order chi connectivity index (χ1) is 11.9. The quantitative estimate of drug-likeness (QED) is 0.759. The van der Waals surface area contributed by atoms with Crippen LogP contribution in [-0.4, -0.2) is 21.1 Å². The van der Waals surface area contributed by atoms with Crippen molar-refractivity contribution in [2.75, 3.05) is 6.61 Å². The Balaban J connectivity index is 1.94. The second-order valence-corrected chi connectivity index (χ2v) is 7.16. The van der Waals surface area contributed by atoms with Gasteiger partial charge >= 0.3 is 6.09 Å². The Morgan fingerprint density at radius 2 is 1.60 bits per heavy atom. The van der Waals surface area contributed by atoms with Crippen LogP contribution >= 0.6 is 0 Å². The van der Waals surface area contributed by atoms with Crippen molar-refractivity contribution in [2.45, 2.75) is 31.6 Å². The average molecular weight is 363 g/mol. The van der Waals surface area contributed by atoms with E-state index < -0.39 is 16.1 Å². The summed E-state index contributed by atoms with van der Waals surface area (Å²) in [7, 11) is -3.97. The number of carbonyl (C=O) groups excluding carboxylic acids is 1. The third-order valence-corrected chi connectivity index (χ3v) is 4.68. The van der Waals surface area contributed by atoms with Crippen molar-refractivity contribution >= 4 is 16.1 Å². The fourth-order valence-corrected chi connectivity index (χ4v) is 2.83. The van der Waals surface area contributed by atoms with Gasteiger partial charge in [-0.25, -0.2) is 17.9 Å². The van der Waals surface area contributed by atoms with Crippen LogP contribution < -0.4 is 14.2 Å². The van der Waals surface area contributed by atoms with Crippen LogP contribution in [0.1, 0.15) is 25.3 Å². The molecule has 0 heterocycles. The molecule has 2 aromatic rings. The van der Waals surface area contributed by atoms with E-state index in [4.69, 9.17) is 9.47 Å². The fraction of sp³-hybridized carbons (Fsp3) is 0.278. The summed E-state index contributed by atoms with van der Waals surface area (Å²) in [6, 6.07) is 12.5. The molecule has 0 aliphatic rings. The molecule has 0 saturated heterocycles. The standard InChI is InChI=1S/C18H21NO5S/c1-3-4-13-23-15-7-9-16(10-8-15)24-18(20)19-25(21,22)17-11-5-14(2)6-12-17/h5-12H,3-4,13H2,1-2H3,(H,19,20). The van der Waals surface area contributed by atoms with Crippen molar-refractivity contribution in [3.63, 3.8) is 0 Å². The number of unbranched alkanes of at least 4 members (excludes halogenated alkanes) is 1. The van der Waals surface area contributed by atoms with Crippen molar-refractivity contribution in [3.05, 3.63) is 54.1 Å². The number of benzene rings is 2. The highest BCUT2D eigenvalue weighted by atomic mass is 32.2. The highest BCUT2D eigenvalue weighted by Gasteiger charge is 2.18. The summed E-state index contributed by atoms with van der Waals surface area (Å²) in [6.07, 6.45) is 0.925. The molecule has 134 valence electrons. The van der Waals surface area contributed by atoms with Crippen molar-refractivity contribution < 1.29 is 22.7 Å². The zero-order valence-electron chi connectivity index (χ0n) is 14.2. The van der Waals surface area contributed by atoms with Gasteiger partial charge in [-0.2, -0.15) is 0 Å². The van der Waals surface area contributed by atoms with Gasteiger partial charge in [0.15, 0.2) is 0 Å². The van der Waals surface area contributed by atoms with E-state index in [1.54, 1.807) is 36.4 Å². The Morgan fingerprint density at radius 1 is 1.00 bits per heavy atom. The van der Waals surface area contributed by atoms with Gasteiger partial charge in [-0.05, 0) is 49.7 Å². The molecule has 25 heavy (non-hydrogen) atoms. The van der Waals surface area contributed by atoms with Crippen LogP contribution in [0.3, 0.4) is 0 Å². The minimum absolute atomic E-state index is 0.00489. The number of rotatable bonds is 7. The van der Waals surface area contributed by atoms with Crippen LogP contribution in [-0.2, 0) is 10.0 Å². The van der Waals surface area contributed by atoms with Gasteiger partial charge in [0.1, 0.15) is 11.5 Å². The molecule has 0 spiro atoms. The lowest BCUT2D eigenvalue weighted by molar-refractivity contribution is 0.206. The van der Waals surface area contributed by atoms with E-state index in [1.807, 2.05) is 11.6 Å². The molecule has 0 aliphatic carbocycles. The number of hydrogen-bond acceptors (Lipinski definition) is 5. The molecule has 2 aromatic carbocycles. The van der Waals surface area contributed by atoms with Crippen molar-refractivity contribution in [3.8, 4) is 11.5 Å². The summed E-state index contributed by atoms with van der Waals surface area (Å²) < 4.78 is 36.6. The van der Waals surface area contributed by atoms with E-state index in [1.165, 1.54) is 12.1 Å². The van der Waals surface area contributed by atoms with E-state index in [-0.39, 0.29) is 10.6 Å². The molecule has 1 amide bonds. The Bertz CT molecular complexity index is 798. The number of hydrogen-bond donors (Lipinski definition) is 1. The number of nitrogens with one attached hydrogen (secondary N) is 1. The molecule has 0 radical (unpaired) electrons. The third kappa shape index (κ3) is 5.79. The number of carbonyl (C=O) groups is 1. The maximum absolute atomic E-state index is 12.1. The van der Waals surface area contributed by atoms with Gasteiger partial charge in [0, 0.05) is 0 Å². The van der Waals surface area contributed by atoms with Crippen molar-refractivity contribution in [1.29, 1.82) is 0 Å². The minimum atomic E-state index is -3.97. The SMILES string of the molecule is CCCCOc1ccc(OC(=O)NS(=O)(=O)c2ccc(C)cc2)cc1. The zero-order chi connectivity index (χ0) is 18.3. The van der Waals surface area contributed by atoms with Crippen molar-refractivity contribution in [1.82, 2.24) is 4.72 Å². The second kappa shape index (κ2) is 8.53. The summed E-state index contributed by atoms with van der Waals surface area (Å²) >= 11 is 0. The summed E-state index contributed by atoms with van der Waals surface area (Å²) in [6.45, 7) is 4.53. The van der Waals surface area contributed by atoms with Crippen LogP contribution in [0, 0.1) is 6.92 Å². The molecule has 0 aromatic heterocycles. The summed E-state index contributed by atoms with van der Waals surface area (Å²) in [4.78, 5) is 11.8. The van der Waals surface area contributed by atoms with Crippen molar-refractivity contribution in [2.24, 2.45) is 0 Å². The molecule has 0 aliphatic heterocycles. The van der Waals surface area contributed by atoms with E-state index in [0.717, 1.165) is 18.4 Å². The predicted octanol–water partition coefficient (Wildman–Crippen LogP) is 3.65. The van der Waals surface area contributed by atoms with Gasteiger partial charge in [0.05, 0.1) is 11.5 Å². The number of amides is 1. The van der Waals surface area contributed by atoms with Gasteiger partial charge in [0.25, 0.3) is 10.0 Å². The van der Waals surface area contributed by atoms with Crippen LogP contribution in [0.2, 0.25) is 0 Å². The van der Waals surface area contributed by atoms with Crippen LogP contribution in [0.25, 0.3) is 0 Å². The number of aryl methyl sites for hydroxylation is 1. The molecule has 1 N–H and O–H groups in total. The molecule has 0 saturated carbocycles. The van der Waals surface area contributed by atoms with Crippen LogP contribution in [0.4, 0.5) is 4.79 Å². The largest absolute Gasteiger partial charge is 0.494 e. The molecule has 0 fully saturated rings. The molecule has 6 nitrogen and oxygen atoms in total. The number of ether oxygens (including phenoxy) is 2. The van der Waals surface area contributed by atoms with Gasteiger partial charge in [-0.3, -0.25) is 0 Å². The van der Waals surface area contributed by atoms with Gasteiger partial charge in [0.2, 0.25) is 0 Å². The normalized spacial score (nSPS) is 11.0. The summed E-state index contributed by atoms with van der Waals surface area (Å²) in [5.41, 5.74) is 0.919. The Kier molecular flexibility index (Phi) is 6.41. The van der Waals surface area contributed by atoms with Crippen LogP contribution in [0.15, 0.2) is 53.4 Å². The molecule has 2 rings (SSSR count).